The second-order valence-corrected chi connectivity index (χ2v) is 10.5. The third kappa shape index (κ3) is 46.7. The molecule has 3 atom stereocenters. The average Bonchev–Trinajstić information content (AvgIpc) is 2.85. The first-order valence-corrected chi connectivity index (χ1v) is 14.4. The molecule has 9 nitrogen and oxygen atoms in total. The summed E-state index contributed by atoms with van der Waals surface area (Å²) in [6, 6.07) is 0.189. The van der Waals surface area contributed by atoms with Crippen LogP contribution in [0.1, 0.15) is 109 Å². The minimum atomic E-state index is -0.542. The van der Waals surface area contributed by atoms with E-state index in [1.54, 1.807) is 0 Å². The summed E-state index contributed by atoms with van der Waals surface area (Å²) < 4.78 is 4.92. The predicted octanol–water partition coefficient (Wildman–Crippen LogP) is 5.44. The largest absolute Gasteiger partial charge is 0.449 e. The van der Waals surface area contributed by atoms with E-state index in [0.29, 0.717) is 30.8 Å². The molecule has 10 heteroatoms. The number of alkyl carbamates (subject to hydrolysis) is 1. The Morgan fingerprint density at radius 1 is 0.700 bits per heavy atom. The number of ether oxygens (including phenoxy) is 1. The van der Waals surface area contributed by atoms with Crippen molar-refractivity contribution in [2.75, 3.05) is 19.7 Å². The zero-order valence-electron chi connectivity index (χ0n) is 27.7. The van der Waals surface area contributed by atoms with E-state index in [9.17, 15) is 19.2 Å². The molecule has 0 aliphatic rings. The van der Waals surface area contributed by atoms with E-state index in [1.807, 2.05) is 75.7 Å². The van der Waals surface area contributed by atoms with Gasteiger partial charge in [0.1, 0.15) is 6.54 Å². The Morgan fingerprint density at radius 3 is 1.40 bits per heavy atom. The summed E-state index contributed by atoms with van der Waals surface area (Å²) in [5, 5.41) is 10.4. The summed E-state index contributed by atoms with van der Waals surface area (Å²) in [4.78, 5) is 44.8. The van der Waals surface area contributed by atoms with Gasteiger partial charge in [-0.15, -0.1) is 0 Å². The van der Waals surface area contributed by atoms with Gasteiger partial charge >= 0.3 is 6.09 Å². The maximum atomic E-state index is 11.3. The van der Waals surface area contributed by atoms with Crippen molar-refractivity contribution in [3.05, 3.63) is 13.3 Å². The van der Waals surface area contributed by atoms with E-state index in [2.05, 4.69) is 42.0 Å². The van der Waals surface area contributed by atoms with E-state index >= 15 is 0 Å². The van der Waals surface area contributed by atoms with Gasteiger partial charge in [0.2, 0.25) is 17.7 Å². The van der Waals surface area contributed by atoms with Gasteiger partial charge < -0.3 is 39.3 Å². The van der Waals surface area contributed by atoms with Crippen LogP contribution in [-0.2, 0) is 19.1 Å². The van der Waals surface area contributed by atoms with Crippen LogP contribution in [0.2, 0.25) is 0 Å². The fourth-order valence-electron chi connectivity index (χ4n) is 2.00. The van der Waals surface area contributed by atoms with E-state index in [-0.39, 0.29) is 78.5 Å². The maximum absolute atomic E-state index is 11.3. The second kappa shape index (κ2) is 34.1. The van der Waals surface area contributed by atoms with Crippen LogP contribution in [0.3, 0.4) is 0 Å². The zero-order valence-corrected chi connectivity index (χ0v) is 31.4. The second-order valence-electron chi connectivity index (χ2n) is 10.5. The number of nitrogens with one attached hydrogen (secondary N) is 4. The van der Waals surface area contributed by atoms with Gasteiger partial charge in [0.25, 0.3) is 0 Å². The first-order valence-electron chi connectivity index (χ1n) is 14.4. The fraction of sp³-hybridized carbons (Fsp3) is 0.800. The molecule has 0 aliphatic heterocycles. The van der Waals surface area contributed by atoms with Crippen LogP contribution >= 0.6 is 0 Å². The van der Waals surface area contributed by atoms with Crippen molar-refractivity contribution >= 4 is 23.8 Å². The molecule has 0 heterocycles. The minimum absolute atomic E-state index is 0. The van der Waals surface area contributed by atoms with Crippen molar-refractivity contribution < 1.29 is 59.5 Å². The molecule has 0 saturated carbocycles. The molecule has 3 unspecified atom stereocenters. The summed E-state index contributed by atoms with van der Waals surface area (Å²) in [6.07, 6.45) is 5.08. The van der Waals surface area contributed by atoms with Gasteiger partial charge in [0.15, 0.2) is 0 Å². The molecule has 0 bridgehead atoms. The Labute approximate surface area is 274 Å². The molecule has 0 aromatic heterocycles. The molecule has 0 aromatic rings. The van der Waals surface area contributed by atoms with Gasteiger partial charge in [-0.3, -0.25) is 14.4 Å². The van der Waals surface area contributed by atoms with Gasteiger partial charge in [0.05, 0.1) is 13.2 Å². The van der Waals surface area contributed by atoms with Crippen molar-refractivity contribution in [3.63, 3.8) is 0 Å². The van der Waals surface area contributed by atoms with Crippen LogP contribution in [0.25, 0.3) is 0 Å². The van der Waals surface area contributed by atoms with Crippen LogP contribution in [0.5, 0.6) is 0 Å². The smallest absolute Gasteiger partial charge is 0.407 e. The van der Waals surface area contributed by atoms with E-state index in [0.717, 1.165) is 12.8 Å². The zero-order chi connectivity index (χ0) is 31.4. The molecule has 4 amide bonds. The van der Waals surface area contributed by atoms with E-state index < -0.39 is 6.09 Å². The first-order chi connectivity index (χ1) is 18.1. The van der Waals surface area contributed by atoms with E-state index in [4.69, 9.17) is 4.74 Å². The SMILES string of the molecule is CCC(C)CC(=O)NCC(=O)NC(C)C.CCC(C)COC(=O)NCC(=O)NC(C)C.C[CH-]C.[CH2-]C(C)CC.[La]. The van der Waals surface area contributed by atoms with Gasteiger partial charge in [-0.2, -0.15) is 19.8 Å². The Kier molecular flexibility index (Phi) is 41.4. The molecule has 0 aliphatic carbocycles. The number of hydrogen-bond acceptors (Lipinski definition) is 5. The fourth-order valence-corrected chi connectivity index (χ4v) is 2.00. The molecular formula is C30H62LaN4O5-2. The summed E-state index contributed by atoms with van der Waals surface area (Å²) in [6.45, 7) is 28.0. The third-order valence-corrected chi connectivity index (χ3v) is 4.86. The van der Waals surface area contributed by atoms with Crippen molar-refractivity contribution in [2.24, 2.45) is 17.8 Å². The Morgan fingerprint density at radius 2 is 1.07 bits per heavy atom. The Balaban J connectivity index is -0.000000158. The van der Waals surface area contributed by atoms with Crippen LogP contribution < -0.4 is 21.3 Å². The van der Waals surface area contributed by atoms with Gasteiger partial charge in [-0.05, 0) is 39.5 Å². The molecule has 0 rings (SSSR count). The standard InChI is InChI=1S/C11H22N2O3.C11H22N2O2.C5H11.C3H7.La/c1-5-9(4)7-16-11(15)12-6-10(14)13-8(2)3;1-5-9(4)6-10(14)12-7-11(15)13-8(2)3;1-4-5(2)3;1-3-2;/h8-9H,5-7H2,1-4H3,(H,12,15)(H,13,14);8-9H,5-7H2,1-4H3,(H,12,14)(H,13,15);5H,2,4H2,1,3H3;3H,1-2H3;/q;;2*-1;. The topological polar surface area (TPSA) is 126 Å². The number of amides is 4. The number of hydrogen-bond donors (Lipinski definition) is 4. The first kappa shape index (κ1) is 48.6. The Hall–Kier alpha value is -1.13. The number of rotatable bonds is 13. The molecule has 40 heavy (non-hydrogen) atoms. The summed E-state index contributed by atoms with van der Waals surface area (Å²) in [7, 11) is 0. The summed E-state index contributed by atoms with van der Waals surface area (Å²) in [5.74, 6) is 0.949. The third-order valence-electron chi connectivity index (χ3n) is 4.86. The average molecular weight is 698 g/mol. The Bertz CT molecular complexity index is 617. The van der Waals surface area contributed by atoms with Gasteiger partial charge in [-0.25, -0.2) is 4.79 Å². The maximum Gasteiger partial charge on any atom is 0.407 e. The molecule has 0 spiro atoms. The normalized spacial score (nSPS) is 11.8. The van der Waals surface area contributed by atoms with Crippen molar-refractivity contribution in [1.82, 2.24) is 21.3 Å². The van der Waals surface area contributed by atoms with Crippen molar-refractivity contribution in [3.8, 4) is 0 Å². The van der Waals surface area contributed by atoms with E-state index in [1.165, 1.54) is 6.42 Å². The monoisotopic (exact) mass is 697 g/mol. The van der Waals surface area contributed by atoms with Gasteiger partial charge in [0, 0.05) is 54.1 Å². The van der Waals surface area contributed by atoms with Crippen molar-refractivity contribution in [1.29, 1.82) is 0 Å². The van der Waals surface area contributed by atoms with Crippen LogP contribution in [0, 0.1) is 66.7 Å². The van der Waals surface area contributed by atoms with Crippen molar-refractivity contribution in [2.45, 2.75) is 121 Å². The van der Waals surface area contributed by atoms with Crippen LogP contribution in [0.15, 0.2) is 0 Å². The molecule has 4 N–H and O–H groups in total. The molecule has 1 radical (unpaired) electrons. The minimum Gasteiger partial charge on any atom is -0.449 e. The number of carbonyl (C=O) groups excluding carboxylic acids is 4. The molecule has 0 aromatic carbocycles. The molecule has 237 valence electrons. The number of carbonyl (C=O) groups is 4. The summed E-state index contributed by atoms with van der Waals surface area (Å²) in [5.41, 5.74) is 0. The van der Waals surface area contributed by atoms with Gasteiger partial charge in [-0.1, -0.05) is 60.8 Å². The quantitative estimate of drug-likeness (QED) is 0.191. The van der Waals surface area contributed by atoms with Crippen LogP contribution in [-0.4, -0.2) is 55.6 Å². The molecule has 0 saturated heterocycles. The predicted molar refractivity (Wildman–Crippen MR) is 163 cm³/mol. The molecular weight excluding hydrogens is 635 g/mol. The van der Waals surface area contributed by atoms with Crippen LogP contribution in [0.4, 0.5) is 4.79 Å². The molecule has 0 fully saturated rings. The summed E-state index contributed by atoms with van der Waals surface area (Å²) >= 11 is 0.